The van der Waals surface area contributed by atoms with Crippen LogP contribution in [0.5, 0.6) is 5.75 Å². The first kappa shape index (κ1) is 19.9. The van der Waals surface area contributed by atoms with E-state index in [9.17, 15) is 4.79 Å². The summed E-state index contributed by atoms with van der Waals surface area (Å²) in [6, 6.07) is 8.23. The van der Waals surface area contributed by atoms with Gasteiger partial charge in [-0.1, -0.05) is 24.3 Å². The lowest BCUT2D eigenvalue weighted by Crippen LogP contribution is -2.43. The average Bonchev–Trinajstić information content (AvgIpc) is 2.73. The third-order valence-electron chi connectivity index (χ3n) is 6.08. The quantitative estimate of drug-likeness (QED) is 0.685. The molecule has 1 aromatic carbocycles. The van der Waals surface area contributed by atoms with Crippen LogP contribution in [0, 0.1) is 11.8 Å². The number of carbonyl (C=O) groups is 1. The van der Waals surface area contributed by atoms with Crippen molar-refractivity contribution in [2.75, 3.05) is 40.3 Å². The van der Waals surface area contributed by atoms with Crippen LogP contribution in [0.3, 0.4) is 0 Å². The van der Waals surface area contributed by atoms with Gasteiger partial charge in [0.25, 0.3) is 0 Å². The summed E-state index contributed by atoms with van der Waals surface area (Å²) in [6.07, 6.45) is 10.7. The van der Waals surface area contributed by atoms with Gasteiger partial charge in [-0.15, -0.1) is 0 Å². The van der Waals surface area contributed by atoms with Crippen LogP contribution in [0.25, 0.3) is 0 Å². The summed E-state index contributed by atoms with van der Waals surface area (Å²) in [4.78, 5) is 17.8. The number of ether oxygens (including phenoxy) is 1. The molecular weight excluding hydrogens is 336 g/mol. The van der Waals surface area contributed by atoms with E-state index in [1.807, 2.05) is 12.1 Å². The van der Waals surface area contributed by atoms with Crippen LogP contribution in [-0.2, 0) is 11.2 Å². The maximum absolute atomic E-state index is 13.2. The Morgan fingerprint density at radius 3 is 2.52 bits per heavy atom. The first-order valence-electron chi connectivity index (χ1n) is 10.4. The zero-order chi connectivity index (χ0) is 19.1. The lowest BCUT2D eigenvalue weighted by Gasteiger charge is -2.35. The predicted octanol–water partition coefficient (Wildman–Crippen LogP) is 3.76. The van der Waals surface area contributed by atoms with Gasteiger partial charge in [-0.2, -0.15) is 0 Å². The minimum atomic E-state index is 0.178. The van der Waals surface area contributed by atoms with Gasteiger partial charge in [0.15, 0.2) is 0 Å². The molecule has 0 bridgehead atoms. The number of rotatable bonds is 7. The van der Waals surface area contributed by atoms with E-state index in [2.05, 4.69) is 41.1 Å². The van der Waals surface area contributed by atoms with E-state index in [1.165, 1.54) is 18.4 Å². The molecule has 27 heavy (non-hydrogen) atoms. The van der Waals surface area contributed by atoms with Crippen LogP contribution in [0.2, 0.25) is 0 Å². The molecule has 0 spiro atoms. The fourth-order valence-corrected chi connectivity index (χ4v) is 4.18. The maximum atomic E-state index is 13.2. The second kappa shape index (κ2) is 9.93. The summed E-state index contributed by atoms with van der Waals surface area (Å²) in [5.41, 5.74) is 1.26. The van der Waals surface area contributed by atoms with Crippen LogP contribution in [0.4, 0.5) is 0 Å². The number of hydrogen-bond acceptors (Lipinski definition) is 3. The van der Waals surface area contributed by atoms with E-state index >= 15 is 0 Å². The molecule has 148 valence electrons. The average molecular weight is 371 g/mol. The molecule has 0 radical (unpaired) electrons. The second-order valence-electron chi connectivity index (χ2n) is 8.11. The molecule has 1 atom stereocenters. The van der Waals surface area contributed by atoms with Crippen molar-refractivity contribution in [1.82, 2.24) is 9.80 Å². The molecule has 1 aliphatic carbocycles. The van der Waals surface area contributed by atoms with Gasteiger partial charge in [0, 0.05) is 19.0 Å². The monoisotopic (exact) mass is 370 g/mol. The highest BCUT2D eigenvalue weighted by atomic mass is 16.5. The molecule has 4 heteroatoms. The van der Waals surface area contributed by atoms with Crippen molar-refractivity contribution < 1.29 is 9.53 Å². The van der Waals surface area contributed by atoms with Crippen molar-refractivity contribution in [2.45, 2.75) is 38.5 Å². The summed E-state index contributed by atoms with van der Waals surface area (Å²) in [5, 5.41) is 0. The predicted molar refractivity (Wildman–Crippen MR) is 110 cm³/mol. The summed E-state index contributed by atoms with van der Waals surface area (Å²) in [6.45, 7) is 4.04. The maximum Gasteiger partial charge on any atom is 0.226 e. The summed E-state index contributed by atoms with van der Waals surface area (Å²) < 4.78 is 5.25. The van der Waals surface area contributed by atoms with Gasteiger partial charge in [-0.05, 0) is 82.3 Å². The van der Waals surface area contributed by atoms with Gasteiger partial charge in [0.1, 0.15) is 5.75 Å². The molecule has 1 fully saturated rings. The highest BCUT2D eigenvalue weighted by molar-refractivity contribution is 5.79. The number of methoxy groups -OCH3 is 1. The molecule has 0 aromatic heterocycles. The summed E-state index contributed by atoms with van der Waals surface area (Å²) in [5.74, 6) is 2.07. The molecule has 1 aromatic rings. The van der Waals surface area contributed by atoms with Crippen LogP contribution >= 0.6 is 0 Å². The zero-order valence-corrected chi connectivity index (χ0v) is 16.9. The first-order valence-corrected chi connectivity index (χ1v) is 10.4. The number of likely N-dealkylation sites (tertiary alicyclic amines) is 1. The Labute approximate surface area is 164 Å². The van der Waals surface area contributed by atoms with Crippen LogP contribution < -0.4 is 4.74 Å². The molecule has 1 heterocycles. The number of benzene rings is 1. The van der Waals surface area contributed by atoms with Gasteiger partial charge >= 0.3 is 0 Å². The van der Waals surface area contributed by atoms with Gasteiger partial charge in [0.05, 0.1) is 7.11 Å². The van der Waals surface area contributed by atoms with E-state index in [0.717, 1.165) is 57.6 Å². The van der Waals surface area contributed by atoms with Crippen molar-refractivity contribution in [3.05, 3.63) is 42.0 Å². The normalized spacial score (nSPS) is 21.2. The molecule has 0 unspecified atom stereocenters. The van der Waals surface area contributed by atoms with E-state index in [0.29, 0.717) is 11.8 Å². The molecule has 1 saturated heterocycles. The van der Waals surface area contributed by atoms with Gasteiger partial charge in [-0.25, -0.2) is 0 Å². The Hall–Kier alpha value is -1.81. The highest BCUT2D eigenvalue weighted by Gasteiger charge is 2.27. The number of amides is 1. The molecular formula is C23H34N2O2. The van der Waals surface area contributed by atoms with Crippen LogP contribution in [-0.4, -0.2) is 56.0 Å². The van der Waals surface area contributed by atoms with E-state index in [1.54, 1.807) is 7.11 Å². The number of nitrogens with zero attached hydrogens (tertiary/aromatic N) is 2. The molecule has 3 rings (SSSR count). The van der Waals surface area contributed by atoms with Crippen molar-refractivity contribution in [1.29, 1.82) is 0 Å². The van der Waals surface area contributed by atoms with Gasteiger partial charge < -0.3 is 14.5 Å². The van der Waals surface area contributed by atoms with Gasteiger partial charge in [0.2, 0.25) is 5.91 Å². The molecule has 1 amide bonds. The molecule has 2 aliphatic rings. The van der Waals surface area contributed by atoms with Gasteiger partial charge in [-0.3, -0.25) is 4.79 Å². The van der Waals surface area contributed by atoms with Crippen molar-refractivity contribution >= 4 is 5.91 Å². The minimum absolute atomic E-state index is 0.178. The first-order chi connectivity index (χ1) is 13.2. The number of carbonyl (C=O) groups excluding carboxylic acids is 1. The molecule has 0 N–H and O–H groups in total. The van der Waals surface area contributed by atoms with Crippen molar-refractivity contribution in [3.8, 4) is 5.75 Å². The number of hydrogen-bond donors (Lipinski definition) is 0. The smallest absolute Gasteiger partial charge is 0.226 e. The van der Waals surface area contributed by atoms with E-state index < -0.39 is 0 Å². The standard InChI is InChI=1S/C23H34N2O2/c1-24-15-12-20(13-16-24)18-25(23(26)21-6-4-3-5-7-21)17-14-19-8-10-22(27-2)11-9-19/h3-4,8-11,20-21H,5-7,12-18H2,1-2H3/t21-/m0/s1. The highest BCUT2D eigenvalue weighted by Crippen LogP contribution is 2.24. The Kier molecular flexibility index (Phi) is 7.33. The fraction of sp³-hybridized carbons (Fsp3) is 0.609. The second-order valence-corrected chi connectivity index (χ2v) is 8.11. The third kappa shape index (κ3) is 5.83. The van der Waals surface area contributed by atoms with Crippen molar-refractivity contribution in [3.63, 3.8) is 0 Å². The summed E-state index contributed by atoms with van der Waals surface area (Å²) >= 11 is 0. The summed E-state index contributed by atoms with van der Waals surface area (Å²) in [7, 11) is 3.88. The largest absolute Gasteiger partial charge is 0.497 e. The molecule has 1 aliphatic heterocycles. The lowest BCUT2D eigenvalue weighted by atomic mass is 9.91. The van der Waals surface area contributed by atoms with Crippen LogP contribution in [0.15, 0.2) is 36.4 Å². The zero-order valence-electron chi connectivity index (χ0n) is 16.9. The Morgan fingerprint density at radius 1 is 1.15 bits per heavy atom. The minimum Gasteiger partial charge on any atom is -0.497 e. The van der Waals surface area contributed by atoms with Crippen LogP contribution in [0.1, 0.15) is 37.7 Å². The lowest BCUT2D eigenvalue weighted by molar-refractivity contribution is -0.136. The van der Waals surface area contributed by atoms with E-state index in [-0.39, 0.29) is 5.92 Å². The SMILES string of the molecule is COc1ccc(CCN(CC2CCN(C)CC2)C(=O)[C@H]2CC=CCC2)cc1. The Balaban J connectivity index is 1.62. The third-order valence-corrected chi connectivity index (χ3v) is 6.08. The molecule has 0 saturated carbocycles. The molecule has 4 nitrogen and oxygen atoms in total. The van der Waals surface area contributed by atoms with E-state index in [4.69, 9.17) is 4.74 Å². The topological polar surface area (TPSA) is 32.8 Å². The number of allylic oxidation sites excluding steroid dienone is 2. The van der Waals surface area contributed by atoms with Crippen molar-refractivity contribution in [2.24, 2.45) is 11.8 Å². The Bertz CT molecular complexity index is 618. The Morgan fingerprint density at radius 2 is 1.89 bits per heavy atom. The number of piperidine rings is 1. The fourth-order valence-electron chi connectivity index (χ4n) is 4.18.